The van der Waals surface area contributed by atoms with Gasteiger partial charge in [-0.1, -0.05) is 12.1 Å². The van der Waals surface area contributed by atoms with Gasteiger partial charge in [0, 0.05) is 31.1 Å². The third kappa shape index (κ3) is 4.54. The Hall–Kier alpha value is -2.58. The van der Waals surface area contributed by atoms with Crippen molar-refractivity contribution in [3.63, 3.8) is 0 Å². The van der Waals surface area contributed by atoms with E-state index in [2.05, 4.69) is 23.3 Å². The first-order valence-electron chi connectivity index (χ1n) is 9.40. The zero-order valence-corrected chi connectivity index (χ0v) is 17.9. The predicted molar refractivity (Wildman–Crippen MR) is 112 cm³/mol. The second-order valence-corrected chi connectivity index (χ2v) is 9.07. The lowest BCUT2D eigenvalue weighted by Gasteiger charge is -2.27. The summed E-state index contributed by atoms with van der Waals surface area (Å²) < 4.78 is 35.2. The van der Waals surface area contributed by atoms with E-state index >= 15 is 0 Å². The number of anilines is 1. The lowest BCUT2D eigenvalue weighted by molar-refractivity contribution is 0.102. The molecule has 7 nitrogen and oxygen atoms in total. The summed E-state index contributed by atoms with van der Waals surface area (Å²) in [5, 5.41) is 2.93. The maximum absolute atomic E-state index is 13.1. The molecular formula is C21H26N2O5S. The third-order valence-electron chi connectivity index (χ3n) is 4.91. The number of nitrogens with zero attached hydrogens (tertiary/aromatic N) is 1. The van der Waals surface area contributed by atoms with E-state index < -0.39 is 15.7 Å². The van der Waals surface area contributed by atoms with Crippen molar-refractivity contribution in [3.8, 4) is 11.5 Å². The second kappa shape index (κ2) is 8.42. The van der Waals surface area contributed by atoms with E-state index in [-0.39, 0.29) is 22.0 Å². The summed E-state index contributed by atoms with van der Waals surface area (Å²) >= 11 is 0. The fourth-order valence-electron chi connectivity index (χ4n) is 3.50. The first-order valence-corrected chi connectivity index (χ1v) is 11.3. The van der Waals surface area contributed by atoms with Gasteiger partial charge in [0.15, 0.2) is 9.84 Å². The Kier molecular flexibility index (Phi) is 6.14. The van der Waals surface area contributed by atoms with Crippen LogP contribution in [0.5, 0.6) is 11.5 Å². The Bertz CT molecular complexity index is 1030. The minimum absolute atomic E-state index is 0.0398. The van der Waals surface area contributed by atoms with Crippen LogP contribution in [0, 0.1) is 0 Å². The minimum Gasteiger partial charge on any atom is -0.496 e. The zero-order chi connectivity index (χ0) is 21.2. The number of amides is 1. The van der Waals surface area contributed by atoms with Crippen LogP contribution in [-0.4, -0.2) is 52.8 Å². The largest absolute Gasteiger partial charge is 0.496 e. The van der Waals surface area contributed by atoms with Gasteiger partial charge in [-0.3, -0.25) is 4.79 Å². The number of nitrogens with one attached hydrogen (secondary N) is 1. The first kappa shape index (κ1) is 21.1. The van der Waals surface area contributed by atoms with Crippen molar-refractivity contribution in [1.29, 1.82) is 0 Å². The Morgan fingerprint density at radius 1 is 1.24 bits per heavy atom. The number of carbonyl (C=O) groups excluding carboxylic acids is 1. The number of rotatable bonds is 6. The van der Waals surface area contributed by atoms with Crippen molar-refractivity contribution in [2.24, 2.45) is 0 Å². The van der Waals surface area contributed by atoms with Crippen molar-refractivity contribution in [2.45, 2.75) is 24.8 Å². The fourth-order valence-corrected chi connectivity index (χ4v) is 4.32. The molecule has 1 aliphatic rings. The molecule has 1 heterocycles. The van der Waals surface area contributed by atoms with Crippen LogP contribution in [0.1, 0.15) is 28.4 Å². The number of carbonyl (C=O) groups is 1. The molecule has 0 bridgehead atoms. The normalized spacial score (nSPS) is 14.2. The van der Waals surface area contributed by atoms with E-state index in [1.165, 1.54) is 24.8 Å². The number of sulfone groups is 1. The predicted octanol–water partition coefficient (Wildman–Crippen LogP) is 2.74. The molecule has 2 aromatic carbocycles. The number of fused-ring (bicyclic) bond motifs is 1. The Morgan fingerprint density at radius 3 is 2.66 bits per heavy atom. The number of hydrogen-bond donors (Lipinski definition) is 1. The molecule has 0 aliphatic carbocycles. The van der Waals surface area contributed by atoms with Gasteiger partial charge in [-0.05, 0) is 43.7 Å². The zero-order valence-electron chi connectivity index (χ0n) is 17.1. The number of benzene rings is 2. The summed E-state index contributed by atoms with van der Waals surface area (Å²) in [6.07, 6.45) is 1.92. The summed E-state index contributed by atoms with van der Waals surface area (Å²) in [6.45, 7) is 3.78. The molecule has 0 aromatic heterocycles. The highest BCUT2D eigenvalue weighted by molar-refractivity contribution is 7.90. The van der Waals surface area contributed by atoms with Crippen LogP contribution in [0.4, 0.5) is 5.69 Å². The van der Waals surface area contributed by atoms with Crippen LogP contribution in [-0.2, 0) is 22.8 Å². The Morgan fingerprint density at radius 2 is 2.00 bits per heavy atom. The average molecular weight is 419 g/mol. The average Bonchev–Trinajstić information content (AvgIpc) is 2.66. The van der Waals surface area contributed by atoms with Crippen molar-refractivity contribution in [2.75, 3.05) is 38.9 Å². The Labute approximate surface area is 171 Å². The molecule has 156 valence electrons. The number of hydrogen-bond acceptors (Lipinski definition) is 6. The molecule has 3 rings (SSSR count). The molecule has 0 atom stereocenters. The summed E-state index contributed by atoms with van der Waals surface area (Å²) in [6, 6.07) is 8.59. The molecule has 0 unspecified atom stereocenters. The molecule has 0 saturated carbocycles. The van der Waals surface area contributed by atoms with Gasteiger partial charge < -0.3 is 19.7 Å². The van der Waals surface area contributed by atoms with Gasteiger partial charge in [-0.2, -0.15) is 0 Å². The molecule has 29 heavy (non-hydrogen) atoms. The van der Waals surface area contributed by atoms with Gasteiger partial charge in [-0.15, -0.1) is 0 Å². The second-order valence-electron chi connectivity index (χ2n) is 7.09. The van der Waals surface area contributed by atoms with E-state index in [1.54, 1.807) is 6.92 Å². The maximum Gasteiger partial charge on any atom is 0.259 e. The van der Waals surface area contributed by atoms with Crippen molar-refractivity contribution in [1.82, 2.24) is 4.90 Å². The minimum atomic E-state index is -3.60. The van der Waals surface area contributed by atoms with Crippen molar-refractivity contribution in [3.05, 3.63) is 47.0 Å². The van der Waals surface area contributed by atoms with Crippen LogP contribution in [0.2, 0.25) is 0 Å². The molecule has 1 amide bonds. The van der Waals surface area contributed by atoms with Crippen LogP contribution < -0.4 is 14.8 Å². The van der Waals surface area contributed by atoms with Gasteiger partial charge in [0.2, 0.25) is 0 Å². The fraction of sp³-hybridized carbons (Fsp3) is 0.381. The molecule has 1 N–H and O–H groups in total. The van der Waals surface area contributed by atoms with Crippen molar-refractivity contribution >= 4 is 21.4 Å². The number of methoxy groups -OCH3 is 1. The third-order valence-corrected chi connectivity index (χ3v) is 6.03. The van der Waals surface area contributed by atoms with E-state index in [0.717, 1.165) is 37.0 Å². The molecule has 2 aromatic rings. The van der Waals surface area contributed by atoms with Gasteiger partial charge >= 0.3 is 0 Å². The van der Waals surface area contributed by atoms with E-state index in [9.17, 15) is 13.2 Å². The topological polar surface area (TPSA) is 84.9 Å². The van der Waals surface area contributed by atoms with Crippen LogP contribution in [0.3, 0.4) is 0 Å². The van der Waals surface area contributed by atoms with Crippen LogP contribution >= 0.6 is 0 Å². The summed E-state index contributed by atoms with van der Waals surface area (Å²) in [5.74, 6) is -0.00599. The Balaban J connectivity index is 2.01. The van der Waals surface area contributed by atoms with Crippen molar-refractivity contribution < 1.29 is 22.7 Å². The van der Waals surface area contributed by atoms with E-state index in [0.29, 0.717) is 6.61 Å². The summed E-state index contributed by atoms with van der Waals surface area (Å²) in [4.78, 5) is 15.2. The standard InChI is InChI=1S/C21H26N2O5S/c1-5-28-19-12-18(27-3)16(11-20(19)29(4,25)26)21(24)22-17-8-6-7-14-13-23(2)10-9-15(14)17/h6-8,11-12H,5,9-10,13H2,1-4H3,(H,22,24). The molecule has 0 saturated heterocycles. The SMILES string of the molecule is CCOc1cc(OC)c(C(=O)Nc2cccc3c2CCN(C)C3)cc1S(C)(=O)=O. The monoisotopic (exact) mass is 418 g/mol. The molecule has 0 radical (unpaired) electrons. The smallest absolute Gasteiger partial charge is 0.259 e. The highest BCUT2D eigenvalue weighted by Gasteiger charge is 2.24. The number of ether oxygens (including phenoxy) is 2. The molecular weight excluding hydrogens is 392 g/mol. The van der Waals surface area contributed by atoms with E-state index in [1.807, 2.05) is 12.1 Å². The molecule has 1 aliphatic heterocycles. The van der Waals surface area contributed by atoms with Gasteiger partial charge in [0.1, 0.15) is 16.4 Å². The summed E-state index contributed by atoms with van der Waals surface area (Å²) in [7, 11) is -0.102. The van der Waals surface area contributed by atoms with Crippen LogP contribution in [0.25, 0.3) is 0 Å². The van der Waals surface area contributed by atoms with E-state index in [4.69, 9.17) is 9.47 Å². The summed E-state index contributed by atoms with van der Waals surface area (Å²) in [5.41, 5.74) is 3.15. The molecule has 8 heteroatoms. The maximum atomic E-state index is 13.1. The van der Waals surface area contributed by atoms with Gasteiger partial charge in [0.05, 0.1) is 19.3 Å². The highest BCUT2D eigenvalue weighted by atomic mass is 32.2. The first-order chi connectivity index (χ1) is 13.7. The highest BCUT2D eigenvalue weighted by Crippen LogP contribution is 2.33. The van der Waals surface area contributed by atoms with Gasteiger partial charge in [-0.25, -0.2) is 8.42 Å². The quantitative estimate of drug-likeness (QED) is 0.777. The van der Waals surface area contributed by atoms with Gasteiger partial charge in [0.25, 0.3) is 5.91 Å². The molecule has 0 fully saturated rings. The van der Waals surface area contributed by atoms with Crippen LogP contribution in [0.15, 0.2) is 35.2 Å². The molecule has 0 spiro atoms. The lowest BCUT2D eigenvalue weighted by atomic mass is 9.98. The number of likely N-dealkylation sites (N-methyl/N-ethyl adjacent to an activating group) is 1. The lowest BCUT2D eigenvalue weighted by Crippen LogP contribution is -2.27.